The summed E-state index contributed by atoms with van der Waals surface area (Å²) in [5.41, 5.74) is 9.15. The highest BCUT2D eigenvalue weighted by Gasteiger charge is 2.13. The zero-order valence-corrected chi connectivity index (χ0v) is 14.0. The van der Waals surface area contributed by atoms with Gasteiger partial charge in [0.15, 0.2) is 11.6 Å². The molecule has 0 saturated heterocycles. The molecule has 2 heterocycles. The number of rotatable bonds is 3. The lowest BCUT2D eigenvalue weighted by Crippen LogP contribution is -2.09. The summed E-state index contributed by atoms with van der Waals surface area (Å²) in [7, 11) is 0. The number of nitrogen functional groups attached to an aromatic ring is 1. The normalized spacial score (nSPS) is 10.8. The van der Waals surface area contributed by atoms with Crippen LogP contribution in [0.25, 0.3) is 5.82 Å². The minimum absolute atomic E-state index is 0.393. The van der Waals surface area contributed by atoms with Crippen LogP contribution in [0.2, 0.25) is 10.0 Å². The third-order valence-electron chi connectivity index (χ3n) is 3.26. The van der Waals surface area contributed by atoms with E-state index in [1.54, 1.807) is 22.9 Å². The first-order valence-electron chi connectivity index (χ1n) is 6.82. The minimum atomic E-state index is 0.393. The highest BCUT2D eigenvalue weighted by molar-refractivity contribution is 6.42. The Bertz CT molecular complexity index is 874. The number of hydrogen-bond donors (Lipinski definition) is 2. The van der Waals surface area contributed by atoms with E-state index in [0.29, 0.717) is 27.4 Å². The number of benzene rings is 1. The summed E-state index contributed by atoms with van der Waals surface area (Å²) in [6.45, 7) is 3.85. The lowest BCUT2D eigenvalue weighted by molar-refractivity contribution is 0.804. The molecule has 0 fully saturated rings. The van der Waals surface area contributed by atoms with Crippen molar-refractivity contribution in [2.45, 2.75) is 13.8 Å². The molecule has 2 aromatic heterocycles. The van der Waals surface area contributed by atoms with Gasteiger partial charge in [-0.15, -0.1) is 0 Å². The molecule has 8 heteroatoms. The summed E-state index contributed by atoms with van der Waals surface area (Å²) >= 11 is 11.9. The predicted octanol–water partition coefficient (Wildman–Crippen LogP) is 3.91. The number of nitrogens with two attached hydrogens (primary N) is 1. The van der Waals surface area contributed by atoms with Gasteiger partial charge in [0, 0.05) is 11.4 Å². The Hall–Kier alpha value is -2.31. The van der Waals surface area contributed by atoms with Crippen molar-refractivity contribution in [3.8, 4) is 5.82 Å². The second-order valence-corrected chi connectivity index (χ2v) is 5.87. The number of aryl methyl sites for hydroxylation is 2. The molecule has 118 valence electrons. The fourth-order valence-electron chi connectivity index (χ4n) is 2.21. The van der Waals surface area contributed by atoms with Gasteiger partial charge in [-0.2, -0.15) is 5.10 Å². The fourth-order valence-corrected chi connectivity index (χ4v) is 2.51. The molecule has 23 heavy (non-hydrogen) atoms. The maximum atomic E-state index is 6.20. The van der Waals surface area contributed by atoms with Crippen LogP contribution < -0.4 is 11.1 Å². The average molecular weight is 349 g/mol. The van der Waals surface area contributed by atoms with E-state index < -0.39 is 0 Å². The Morgan fingerprint density at radius 2 is 1.87 bits per heavy atom. The van der Waals surface area contributed by atoms with Crippen LogP contribution in [0.1, 0.15) is 11.4 Å². The molecule has 0 radical (unpaired) electrons. The van der Waals surface area contributed by atoms with Gasteiger partial charge in [0.2, 0.25) is 0 Å². The summed E-state index contributed by atoms with van der Waals surface area (Å²) in [6.07, 6.45) is 1.43. The number of nitrogens with one attached hydrogen (secondary N) is 1. The molecule has 0 aliphatic rings. The quantitative estimate of drug-likeness (QED) is 0.749. The minimum Gasteiger partial charge on any atom is -0.393 e. The molecule has 3 aromatic rings. The van der Waals surface area contributed by atoms with Gasteiger partial charge >= 0.3 is 0 Å². The van der Waals surface area contributed by atoms with Gasteiger partial charge in [0.05, 0.1) is 15.7 Å². The van der Waals surface area contributed by atoms with Gasteiger partial charge in [-0.3, -0.25) is 0 Å². The Balaban J connectivity index is 1.99. The Morgan fingerprint density at radius 3 is 2.52 bits per heavy atom. The van der Waals surface area contributed by atoms with E-state index in [0.717, 1.165) is 17.1 Å². The fraction of sp³-hybridized carbons (Fsp3) is 0.133. The molecule has 0 unspecified atom stereocenters. The van der Waals surface area contributed by atoms with Crippen LogP contribution in [0.4, 0.5) is 17.2 Å². The lowest BCUT2D eigenvalue weighted by atomic mass is 10.3. The molecule has 3 N–H and O–H groups in total. The van der Waals surface area contributed by atoms with Gasteiger partial charge in [0.25, 0.3) is 0 Å². The third kappa shape index (κ3) is 3.09. The molecule has 6 nitrogen and oxygen atoms in total. The molecule has 0 atom stereocenters. The first kappa shape index (κ1) is 15.6. The Kier molecular flexibility index (Phi) is 4.11. The van der Waals surface area contributed by atoms with E-state index in [9.17, 15) is 0 Å². The van der Waals surface area contributed by atoms with Crippen LogP contribution in [0.5, 0.6) is 0 Å². The van der Waals surface area contributed by atoms with Crippen molar-refractivity contribution >= 4 is 40.4 Å². The van der Waals surface area contributed by atoms with E-state index >= 15 is 0 Å². The third-order valence-corrected chi connectivity index (χ3v) is 3.99. The standard InChI is InChI=1S/C15H14Cl2N6/c1-8-5-9(2)23(22-8)15-13(18)14(19-7-20-15)21-10-3-4-11(16)12(17)6-10/h3-7H,18H2,1-2H3,(H,19,20,21). The summed E-state index contributed by atoms with van der Waals surface area (Å²) in [5, 5.41) is 8.44. The topological polar surface area (TPSA) is 81.7 Å². The number of hydrogen-bond acceptors (Lipinski definition) is 5. The van der Waals surface area contributed by atoms with Crippen molar-refractivity contribution in [1.82, 2.24) is 19.7 Å². The molecule has 0 aliphatic carbocycles. The molecular formula is C15H14Cl2N6. The summed E-state index contributed by atoms with van der Waals surface area (Å²) in [5.74, 6) is 0.995. The van der Waals surface area contributed by atoms with Gasteiger partial charge in [-0.05, 0) is 38.1 Å². The smallest absolute Gasteiger partial charge is 0.182 e. The molecule has 3 rings (SSSR count). The van der Waals surface area contributed by atoms with Gasteiger partial charge in [0.1, 0.15) is 12.0 Å². The molecule has 0 saturated carbocycles. The maximum absolute atomic E-state index is 6.20. The molecule has 0 aliphatic heterocycles. The first-order valence-corrected chi connectivity index (χ1v) is 7.57. The summed E-state index contributed by atoms with van der Waals surface area (Å²) in [6, 6.07) is 7.15. The van der Waals surface area contributed by atoms with Crippen LogP contribution in [0.15, 0.2) is 30.6 Å². The van der Waals surface area contributed by atoms with E-state index in [2.05, 4.69) is 20.4 Å². The molecule has 0 bridgehead atoms. The monoisotopic (exact) mass is 348 g/mol. The molecular weight excluding hydrogens is 335 g/mol. The Labute approximate surface area is 143 Å². The number of aromatic nitrogens is 4. The summed E-state index contributed by atoms with van der Waals surface area (Å²) < 4.78 is 1.69. The van der Waals surface area contributed by atoms with Gasteiger partial charge in [-0.1, -0.05) is 23.2 Å². The van der Waals surface area contributed by atoms with Crippen LogP contribution in [0.3, 0.4) is 0 Å². The van der Waals surface area contributed by atoms with Crippen molar-refractivity contribution in [2.75, 3.05) is 11.1 Å². The van der Waals surface area contributed by atoms with Crippen LogP contribution in [-0.4, -0.2) is 19.7 Å². The second-order valence-electron chi connectivity index (χ2n) is 5.05. The summed E-state index contributed by atoms with van der Waals surface area (Å²) in [4.78, 5) is 8.42. The van der Waals surface area contributed by atoms with E-state index in [-0.39, 0.29) is 0 Å². The number of halogens is 2. The second kappa shape index (κ2) is 6.06. The Morgan fingerprint density at radius 1 is 1.09 bits per heavy atom. The highest BCUT2D eigenvalue weighted by Crippen LogP contribution is 2.29. The van der Waals surface area contributed by atoms with Crippen LogP contribution >= 0.6 is 23.2 Å². The van der Waals surface area contributed by atoms with Crippen molar-refractivity contribution < 1.29 is 0 Å². The number of nitrogens with zero attached hydrogens (tertiary/aromatic N) is 4. The van der Waals surface area contributed by atoms with E-state index in [1.165, 1.54) is 6.33 Å². The van der Waals surface area contributed by atoms with Gasteiger partial charge in [-0.25, -0.2) is 14.6 Å². The van der Waals surface area contributed by atoms with Crippen LogP contribution in [-0.2, 0) is 0 Å². The average Bonchev–Trinajstić information content (AvgIpc) is 2.84. The van der Waals surface area contributed by atoms with E-state index in [1.807, 2.05) is 19.9 Å². The largest absolute Gasteiger partial charge is 0.393 e. The zero-order chi connectivity index (χ0) is 16.6. The van der Waals surface area contributed by atoms with Crippen LogP contribution in [0, 0.1) is 13.8 Å². The van der Waals surface area contributed by atoms with Crippen molar-refractivity contribution in [3.05, 3.63) is 52.0 Å². The van der Waals surface area contributed by atoms with Gasteiger partial charge < -0.3 is 11.1 Å². The molecule has 1 aromatic carbocycles. The SMILES string of the molecule is Cc1cc(C)n(-c2ncnc(Nc3ccc(Cl)c(Cl)c3)c2N)n1. The van der Waals surface area contributed by atoms with Crippen molar-refractivity contribution in [1.29, 1.82) is 0 Å². The maximum Gasteiger partial charge on any atom is 0.182 e. The lowest BCUT2D eigenvalue weighted by Gasteiger charge is -2.12. The highest BCUT2D eigenvalue weighted by atomic mass is 35.5. The number of anilines is 3. The predicted molar refractivity (Wildman–Crippen MR) is 92.8 cm³/mol. The molecule has 0 amide bonds. The first-order chi connectivity index (χ1) is 11.0. The van der Waals surface area contributed by atoms with Crippen molar-refractivity contribution in [3.63, 3.8) is 0 Å². The molecule has 0 spiro atoms. The zero-order valence-electron chi connectivity index (χ0n) is 12.5. The van der Waals surface area contributed by atoms with E-state index in [4.69, 9.17) is 28.9 Å². The van der Waals surface area contributed by atoms with Crippen molar-refractivity contribution in [2.24, 2.45) is 0 Å².